The van der Waals surface area contributed by atoms with Crippen molar-refractivity contribution >= 4 is 5.91 Å². The Morgan fingerprint density at radius 3 is 2.19 bits per heavy atom. The summed E-state index contributed by atoms with van der Waals surface area (Å²) in [4.78, 5) is 11.2. The van der Waals surface area contributed by atoms with E-state index in [1.807, 2.05) is 54.6 Å². The van der Waals surface area contributed by atoms with Gasteiger partial charge in [0.05, 0.1) is 5.54 Å². The predicted molar refractivity (Wildman–Crippen MR) is 82.7 cm³/mol. The highest BCUT2D eigenvalue weighted by Crippen LogP contribution is 2.14. The maximum Gasteiger partial charge on any atom is 0.237 e. The zero-order valence-corrected chi connectivity index (χ0v) is 12.1. The van der Waals surface area contributed by atoms with Gasteiger partial charge >= 0.3 is 0 Å². The number of rotatable bonds is 6. The van der Waals surface area contributed by atoms with E-state index in [1.54, 1.807) is 6.92 Å². The van der Waals surface area contributed by atoms with Crippen molar-refractivity contribution in [2.24, 2.45) is 11.5 Å². The van der Waals surface area contributed by atoms with E-state index in [4.69, 9.17) is 16.2 Å². The van der Waals surface area contributed by atoms with Crippen molar-refractivity contribution in [3.05, 3.63) is 65.7 Å². The van der Waals surface area contributed by atoms with Crippen LogP contribution in [0.2, 0.25) is 0 Å². The lowest BCUT2D eigenvalue weighted by Crippen LogP contribution is -2.51. The molecule has 4 nitrogen and oxygen atoms in total. The van der Waals surface area contributed by atoms with Gasteiger partial charge in [0.25, 0.3) is 0 Å². The molecule has 0 radical (unpaired) electrons. The molecule has 2 aromatic carbocycles. The average molecular weight is 284 g/mol. The maximum absolute atomic E-state index is 11.2. The standard InChI is InChI=1S/C17H20N2O2/c1-17(19,16(18)20)11-13-7-9-14(10-8-13)12-21-15-5-3-2-4-6-15/h2-10H,11-12,19H2,1H3,(H2,18,20). The first kappa shape index (κ1) is 15.1. The van der Waals surface area contributed by atoms with Gasteiger partial charge in [-0.05, 0) is 36.6 Å². The van der Waals surface area contributed by atoms with Crippen molar-refractivity contribution in [3.8, 4) is 5.75 Å². The molecule has 0 saturated carbocycles. The summed E-state index contributed by atoms with van der Waals surface area (Å²) in [6, 6.07) is 17.5. The number of hydrogen-bond acceptors (Lipinski definition) is 3. The second-order valence-corrected chi connectivity index (χ2v) is 5.38. The number of amides is 1. The first-order valence-electron chi connectivity index (χ1n) is 6.82. The summed E-state index contributed by atoms with van der Waals surface area (Å²) in [6.45, 7) is 2.14. The highest BCUT2D eigenvalue weighted by molar-refractivity contribution is 5.84. The minimum atomic E-state index is -1.03. The maximum atomic E-state index is 11.2. The third kappa shape index (κ3) is 4.33. The number of carbonyl (C=O) groups is 1. The van der Waals surface area contributed by atoms with Crippen molar-refractivity contribution in [3.63, 3.8) is 0 Å². The second-order valence-electron chi connectivity index (χ2n) is 5.38. The zero-order valence-electron chi connectivity index (χ0n) is 12.1. The molecule has 1 atom stereocenters. The van der Waals surface area contributed by atoms with Crippen LogP contribution in [0.4, 0.5) is 0 Å². The summed E-state index contributed by atoms with van der Waals surface area (Å²) in [5.41, 5.74) is 12.1. The lowest BCUT2D eigenvalue weighted by Gasteiger charge is -2.20. The normalized spacial score (nSPS) is 13.4. The molecule has 1 amide bonds. The molecule has 110 valence electrons. The van der Waals surface area contributed by atoms with Gasteiger partial charge in [-0.2, -0.15) is 0 Å². The minimum absolute atomic E-state index is 0.419. The van der Waals surface area contributed by atoms with Gasteiger partial charge in [0.15, 0.2) is 0 Å². The average Bonchev–Trinajstić information content (AvgIpc) is 2.47. The Morgan fingerprint density at radius 1 is 1.05 bits per heavy atom. The van der Waals surface area contributed by atoms with E-state index in [9.17, 15) is 4.79 Å². The van der Waals surface area contributed by atoms with Crippen LogP contribution in [0.5, 0.6) is 5.75 Å². The van der Waals surface area contributed by atoms with Crippen molar-refractivity contribution in [1.82, 2.24) is 0 Å². The summed E-state index contributed by atoms with van der Waals surface area (Å²) in [5.74, 6) is 0.337. The summed E-state index contributed by atoms with van der Waals surface area (Å²) >= 11 is 0. The smallest absolute Gasteiger partial charge is 0.237 e. The van der Waals surface area contributed by atoms with E-state index in [2.05, 4.69) is 0 Å². The van der Waals surface area contributed by atoms with Crippen molar-refractivity contribution in [1.29, 1.82) is 0 Å². The fourth-order valence-electron chi connectivity index (χ4n) is 1.95. The number of ether oxygens (including phenoxy) is 1. The van der Waals surface area contributed by atoms with Crippen molar-refractivity contribution < 1.29 is 9.53 Å². The third-order valence-corrected chi connectivity index (χ3v) is 3.31. The summed E-state index contributed by atoms with van der Waals surface area (Å²) in [5, 5.41) is 0. The molecule has 1 unspecified atom stereocenters. The number of nitrogens with two attached hydrogens (primary N) is 2. The molecular weight excluding hydrogens is 264 g/mol. The van der Waals surface area contributed by atoms with Crippen LogP contribution in [0.25, 0.3) is 0 Å². The molecule has 4 N–H and O–H groups in total. The van der Waals surface area contributed by atoms with Crippen LogP contribution in [0.15, 0.2) is 54.6 Å². The van der Waals surface area contributed by atoms with E-state index in [1.165, 1.54) is 0 Å². The monoisotopic (exact) mass is 284 g/mol. The molecule has 0 spiro atoms. The van der Waals surface area contributed by atoms with Gasteiger partial charge in [-0.1, -0.05) is 42.5 Å². The Labute approximate surface area is 124 Å². The molecule has 0 aliphatic rings. The number of hydrogen-bond donors (Lipinski definition) is 2. The Kier molecular flexibility index (Phi) is 4.60. The van der Waals surface area contributed by atoms with Gasteiger partial charge in [-0.15, -0.1) is 0 Å². The molecule has 0 fully saturated rings. The molecular formula is C17H20N2O2. The van der Waals surface area contributed by atoms with Crippen LogP contribution in [0, 0.1) is 0 Å². The number of benzene rings is 2. The van der Waals surface area contributed by atoms with E-state index >= 15 is 0 Å². The van der Waals surface area contributed by atoms with Crippen molar-refractivity contribution in [2.75, 3.05) is 0 Å². The van der Waals surface area contributed by atoms with Crippen LogP contribution >= 0.6 is 0 Å². The molecule has 0 saturated heterocycles. The topological polar surface area (TPSA) is 78.3 Å². The molecule has 2 aromatic rings. The van der Waals surface area contributed by atoms with Crippen molar-refractivity contribution in [2.45, 2.75) is 25.5 Å². The predicted octanol–water partition coefficient (Wildman–Crippen LogP) is 2.01. The first-order chi connectivity index (χ1) is 9.97. The molecule has 0 aliphatic heterocycles. The lowest BCUT2D eigenvalue weighted by molar-refractivity contribution is -0.122. The molecule has 2 rings (SSSR count). The van der Waals surface area contributed by atoms with Gasteiger partial charge in [0, 0.05) is 0 Å². The van der Waals surface area contributed by atoms with E-state index in [-0.39, 0.29) is 0 Å². The van der Waals surface area contributed by atoms with Crippen LogP contribution in [0.3, 0.4) is 0 Å². The van der Waals surface area contributed by atoms with Crippen LogP contribution in [0.1, 0.15) is 18.1 Å². The van der Waals surface area contributed by atoms with Gasteiger partial charge in [-0.3, -0.25) is 4.79 Å². The number of para-hydroxylation sites is 1. The fraction of sp³-hybridized carbons (Fsp3) is 0.235. The van der Waals surface area contributed by atoms with Gasteiger partial charge in [0.2, 0.25) is 5.91 Å². The van der Waals surface area contributed by atoms with Gasteiger partial charge in [0.1, 0.15) is 12.4 Å². The summed E-state index contributed by atoms with van der Waals surface area (Å²) in [6.07, 6.45) is 0.419. The Balaban J connectivity index is 1.95. The van der Waals surface area contributed by atoms with E-state index < -0.39 is 11.4 Å². The van der Waals surface area contributed by atoms with Crippen LogP contribution < -0.4 is 16.2 Å². The minimum Gasteiger partial charge on any atom is -0.489 e. The first-order valence-corrected chi connectivity index (χ1v) is 6.82. The summed E-state index contributed by atoms with van der Waals surface area (Å²) in [7, 11) is 0. The molecule has 0 heterocycles. The SMILES string of the molecule is CC(N)(Cc1ccc(COc2ccccc2)cc1)C(N)=O. The highest BCUT2D eigenvalue weighted by atomic mass is 16.5. The molecule has 4 heteroatoms. The highest BCUT2D eigenvalue weighted by Gasteiger charge is 2.25. The Morgan fingerprint density at radius 2 is 1.62 bits per heavy atom. The molecule has 0 aromatic heterocycles. The van der Waals surface area contributed by atoms with Gasteiger partial charge < -0.3 is 16.2 Å². The molecule has 0 bridgehead atoms. The Hall–Kier alpha value is -2.33. The molecule has 0 aliphatic carbocycles. The van der Waals surface area contributed by atoms with Crippen LogP contribution in [-0.2, 0) is 17.8 Å². The van der Waals surface area contributed by atoms with Crippen LogP contribution in [-0.4, -0.2) is 11.4 Å². The Bertz CT molecular complexity index is 592. The van der Waals surface area contributed by atoms with E-state index in [0.717, 1.165) is 16.9 Å². The number of primary amides is 1. The lowest BCUT2D eigenvalue weighted by atomic mass is 9.93. The molecule has 21 heavy (non-hydrogen) atoms. The fourth-order valence-corrected chi connectivity index (χ4v) is 1.95. The quantitative estimate of drug-likeness (QED) is 0.851. The number of carbonyl (C=O) groups excluding carboxylic acids is 1. The third-order valence-electron chi connectivity index (χ3n) is 3.31. The van der Waals surface area contributed by atoms with E-state index in [0.29, 0.717) is 13.0 Å². The summed E-state index contributed by atoms with van der Waals surface area (Å²) < 4.78 is 5.67. The largest absolute Gasteiger partial charge is 0.489 e. The second kappa shape index (κ2) is 6.41. The van der Waals surface area contributed by atoms with Gasteiger partial charge in [-0.25, -0.2) is 0 Å². The zero-order chi connectivity index (χ0) is 15.3.